The van der Waals surface area contributed by atoms with Crippen LogP contribution in [0.4, 0.5) is 11.5 Å². The van der Waals surface area contributed by atoms with Gasteiger partial charge in [0.25, 0.3) is 0 Å². The minimum atomic E-state index is 0.104. The largest absolute Gasteiger partial charge is 0.366 e. The highest BCUT2D eigenvalue weighted by atomic mass is 16.2. The summed E-state index contributed by atoms with van der Waals surface area (Å²) in [5.74, 6) is 0.963. The first kappa shape index (κ1) is 13.3. The SMILES string of the molecule is O=C(Nc1ccc(N2CCc3ccccc3C2)cn1)C1CC1. The average molecular weight is 293 g/mol. The van der Waals surface area contributed by atoms with E-state index in [1.165, 1.54) is 11.1 Å². The van der Waals surface area contributed by atoms with Crippen LogP contribution in [-0.2, 0) is 17.8 Å². The Kier molecular flexibility index (Phi) is 3.29. The highest BCUT2D eigenvalue weighted by Crippen LogP contribution is 2.30. The maximum absolute atomic E-state index is 11.7. The Balaban J connectivity index is 1.46. The molecule has 0 unspecified atom stereocenters. The molecule has 22 heavy (non-hydrogen) atoms. The predicted octanol–water partition coefficient (Wildman–Crippen LogP) is 2.99. The van der Waals surface area contributed by atoms with E-state index in [4.69, 9.17) is 0 Å². The molecule has 1 aromatic carbocycles. The summed E-state index contributed by atoms with van der Waals surface area (Å²) in [6.45, 7) is 1.93. The zero-order chi connectivity index (χ0) is 14.9. The third kappa shape index (κ3) is 2.69. The molecule has 1 aliphatic heterocycles. The molecule has 1 amide bonds. The maximum atomic E-state index is 11.7. The van der Waals surface area contributed by atoms with Crippen molar-refractivity contribution >= 4 is 17.4 Å². The second kappa shape index (κ2) is 5.44. The quantitative estimate of drug-likeness (QED) is 0.946. The van der Waals surface area contributed by atoms with Crippen molar-refractivity contribution in [3.8, 4) is 0 Å². The van der Waals surface area contributed by atoms with Crippen LogP contribution in [0.1, 0.15) is 24.0 Å². The number of carbonyl (C=O) groups excluding carboxylic acids is 1. The van der Waals surface area contributed by atoms with Crippen LogP contribution in [0.5, 0.6) is 0 Å². The number of aromatic nitrogens is 1. The summed E-state index contributed by atoms with van der Waals surface area (Å²) in [5, 5.41) is 2.88. The highest BCUT2D eigenvalue weighted by Gasteiger charge is 2.29. The lowest BCUT2D eigenvalue weighted by molar-refractivity contribution is -0.117. The number of fused-ring (bicyclic) bond motifs is 1. The third-order valence-corrected chi connectivity index (χ3v) is 4.44. The van der Waals surface area contributed by atoms with Gasteiger partial charge in [-0.2, -0.15) is 0 Å². The molecule has 1 saturated carbocycles. The van der Waals surface area contributed by atoms with Crippen LogP contribution in [0.25, 0.3) is 0 Å². The summed E-state index contributed by atoms with van der Waals surface area (Å²) in [6.07, 6.45) is 4.95. The Morgan fingerprint density at radius 2 is 1.95 bits per heavy atom. The number of hydrogen-bond acceptors (Lipinski definition) is 3. The van der Waals surface area contributed by atoms with Crippen LogP contribution >= 0.6 is 0 Å². The Morgan fingerprint density at radius 1 is 1.14 bits per heavy atom. The van der Waals surface area contributed by atoms with Crippen LogP contribution in [0.15, 0.2) is 42.6 Å². The molecule has 1 N–H and O–H groups in total. The first-order valence-electron chi connectivity index (χ1n) is 7.88. The first-order valence-corrected chi connectivity index (χ1v) is 7.88. The topological polar surface area (TPSA) is 45.2 Å². The molecule has 2 heterocycles. The molecule has 0 bridgehead atoms. The molecule has 0 atom stereocenters. The van der Waals surface area contributed by atoms with Crippen molar-refractivity contribution < 1.29 is 4.79 Å². The van der Waals surface area contributed by atoms with Gasteiger partial charge in [0, 0.05) is 19.0 Å². The molecular formula is C18H19N3O. The number of carbonyl (C=O) groups is 1. The lowest BCUT2D eigenvalue weighted by atomic mass is 10.00. The van der Waals surface area contributed by atoms with Crippen LogP contribution in [0.2, 0.25) is 0 Å². The van der Waals surface area contributed by atoms with Crippen LogP contribution < -0.4 is 10.2 Å². The van der Waals surface area contributed by atoms with Crippen molar-refractivity contribution in [1.82, 2.24) is 4.98 Å². The minimum absolute atomic E-state index is 0.104. The number of amides is 1. The van der Waals surface area contributed by atoms with Crippen molar-refractivity contribution in [1.29, 1.82) is 0 Å². The third-order valence-electron chi connectivity index (χ3n) is 4.44. The van der Waals surface area contributed by atoms with Crippen molar-refractivity contribution in [3.05, 3.63) is 53.7 Å². The summed E-state index contributed by atoms with van der Waals surface area (Å²) in [7, 11) is 0. The van der Waals surface area contributed by atoms with E-state index in [-0.39, 0.29) is 11.8 Å². The van der Waals surface area contributed by atoms with Gasteiger partial charge in [0.15, 0.2) is 0 Å². The zero-order valence-corrected chi connectivity index (χ0v) is 12.5. The number of hydrogen-bond donors (Lipinski definition) is 1. The Bertz CT molecular complexity index is 692. The van der Waals surface area contributed by atoms with Crippen LogP contribution in [0, 0.1) is 5.92 Å². The molecule has 1 aromatic heterocycles. The van der Waals surface area contributed by atoms with Gasteiger partial charge in [0.1, 0.15) is 5.82 Å². The molecule has 0 spiro atoms. The van der Waals surface area contributed by atoms with E-state index in [1.807, 2.05) is 18.3 Å². The Labute approximate surface area is 130 Å². The summed E-state index contributed by atoms with van der Waals surface area (Å²) >= 11 is 0. The second-order valence-electron chi connectivity index (χ2n) is 6.11. The van der Waals surface area contributed by atoms with E-state index in [1.54, 1.807) is 0 Å². The van der Waals surface area contributed by atoms with Gasteiger partial charge < -0.3 is 10.2 Å². The second-order valence-corrected chi connectivity index (χ2v) is 6.11. The normalized spacial score (nSPS) is 17.0. The van der Waals surface area contributed by atoms with E-state index >= 15 is 0 Å². The minimum Gasteiger partial charge on any atom is -0.366 e. The van der Waals surface area contributed by atoms with Gasteiger partial charge in [-0.05, 0) is 42.5 Å². The van der Waals surface area contributed by atoms with Crippen LogP contribution in [0.3, 0.4) is 0 Å². The standard InChI is InChI=1S/C18H19N3O/c22-18(14-5-6-14)20-17-8-7-16(11-19-17)21-10-9-13-3-1-2-4-15(13)12-21/h1-4,7-8,11,14H,5-6,9-10,12H2,(H,19,20,22). The number of anilines is 2. The fraction of sp³-hybridized carbons (Fsp3) is 0.333. The van der Waals surface area contributed by atoms with Gasteiger partial charge in [-0.1, -0.05) is 24.3 Å². The first-order chi connectivity index (χ1) is 10.8. The van der Waals surface area contributed by atoms with Crippen molar-refractivity contribution in [2.75, 3.05) is 16.8 Å². The van der Waals surface area contributed by atoms with Gasteiger partial charge in [0.2, 0.25) is 5.91 Å². The summed E-state index contributed by atoms with van der Waals surface area (Å²) in [5.41, 5.74) is 3.94. The molecule has 0 saturated heterocycles. The molecule has 112 valence electrons. The Morgan fingerprint density at radius 3 is 2.68 bits per heavy atom. The van der Waals surface area contributed by atoms with Gasteiger partial charge >= 0.3 is 0 Å². The van der Waals surface area contributed by atoms with Gasteiger partial charge in [-0.15, -0.1) is 0 Å². The predicted molar refractivity (Wildman–Crippen MR) is 86.8 cm³/mol. The summed E-state index contributed by atoms with van der Waals surface area (Å²) in [4.78, 5) is 18.5. The molecular weight excluding hydrogens is 274 g/mol. The fourth-order valence-corrected chi connectivity index (χ4v) is 2.94. The van der Waals surface area contributed by atoms with Gasteiger partial charge in [-0.25, -0.2) is 4.98 Å². The Hall–Kier alpha value is -2.36. The molecule has 2 aliphatic rings. The number of rotatable bonds is 3. The molecule has 1 aliphatic carbocycles. The van der Waals surface area contributed by atoms with Gasteiger partial charge in [-0.3, -0.25) is 4.79 Å². The molecule has 0 radical (unpaired) electrons. The monoisotopic (exact) mass is 293 g/mol. The van der Waals surface area contributed by atoms with Crippen molar-refractivity contribution in [3.63, 3.8) is 0 Å². The highest BCUT2D eigenvalue weighted by molar-refractivity contribution is 5.93. The number of nitrogens with zero attached hydrogens (tertiary/aromatic N) is 2. The molecule has 4 nitrogen and oxygen atoms in total. The molecule has 4 heteroatoms. The summed E-state index contributed by atoms with van der Waals surface area (Å²) in [6, 6.07) is 12.5. The summed E-state index contributed by atoms with van der Waals surface area (Å²) < 4.78 is 0. The molecule has 4 rings (SSSR count). The van der Waals surface area contributed by atoms with E-state index in [9.17, 15) is 4.79 Å². The maximum Gasteiger partial charge on any atom is 0.228 e. The fourth-order valence-electron chi connectivity index (χ4n) is 2.94. The zero-order valence-electron chi connectivity index (χ0n) is 12.5. The van der Waals surface area contributed by atoms with E-state index in [0.717, 1.165) is 38.0 Å². The van der Waals surface area contributed by atoms with Gasteiger partial charge in [0.05, 0.1) is 11.9 Å². The number of pyridine rings is 1. The van der Waals surface area contributed by atoms with Crippen molar-refractivity contribution in [2.24, 2.45) is 5.92 Å². The van der Waals surface area contributed by atoms with E-state index < -0.39 is 0 Å². The number of nitrogens with one attached hydrogen (secondary N) is 1. The lowest BCUT2D eigenvalue weighted by Crippen LogP contribution is -2.30. The molecule has 1 fully saturated rings. The number of benzene rings is 1. The van der Waals surface area contributed by atoms with E-state index in [2.05, 4.69) is 39.5 Å². The van der Waals surface area contributed by atoms with Crippen LogP contribution in [-0.4, -0.2) is 17.4 Å². The van der Waals surface area contributed by atoms with E-state index in [0.29, 0.717) is 5.82 Å². The molecule has 2 aromatic rings. The smallest absolute Gasteiger partial charge is 0.228 e. The average Bonchev–Trinajstić information content (AvgIpc) is 3.40. The van der Waals surface area contributed by atoms with Crippen molar-refractivity contribution in [2.45, 2.75) is 25.8 Å². The lowest BCUT2D eigenvalue weighted by Gasteiger charge is -2.30.